The Kier molecular flexibility index (Phi) is 424. The maximum atomic E-state index is 8.38. The molecule has 0 atom stereocenters. The summed E-state index contributed by atoms with van der Waals surface area (Å²) < 4.78 is 8.38. The standard InChI is InChI=1S/CHO2.CO2.CH4.2Ca.H2O.O/c2*2-1-3;;;;;/h(H,2,3);;1H4;;;1H2;/q-1;;;;+2;;/p-1. The first-order chi connectivity index (χ1) is 3.83. The Morgan fingerprint density at radius 3 is 1.27 bits per heavy atom. The van der Waals surface area contributed by atoms with E-state index in [-0.39, 0.29) is 92.7 Å². The van der Waals surface area contributed by atoms with E-state index in [0.29, 0.717) is 6.47 Å². The van der Waals surface area contributed by atoms with Crippen molar-refractivity contribution >= 4 is 86.2 Å². The molecule has 0 fully saturated rings. The second-order valence-corrected chi connectivity index (χ2v) is 0.175. The average molecular weight is 218 g/mol. The molecule has 0 unspecified atom stereocenters. The number of hydrogen-bond donors (Lipinski definition) is 1. The molecule has 0 aromatic heterocycles. The molecule has 11 heavy (non-hydrogen) atoms. The van der Waals surface area contributed by atoms with E-state index >= 15 is 0 Å². The number of hydrogen-bond acceptors (Lipinski definition) is 5. The van der Waals surface area contributed by atoms with Crippen LogP contribution < -0.4 is 0 Å². The van der Waals surface area contributed by atoms with Crippen LogP contribution in [0, 0.1) is 0 Å². The second-order valence-electron chi connectivity index (χ2n) is 0.175. The molecule has 0 rings (SSSR count). The fraction of sp³-hybridized carbons (Fsp3) is 0.333. The maximum absolute atomic E-state index is 8.38. The van der Waals surface area contributed by atoms with Crippen LogP contribution in [-0.2, 0) is 15.8 Å². The molecular weight excluding hydrogens is 212 g/mol. The second kappa shape index (κ2) is 117. The Morgan fingerprint density at radius 2 is 1.27 bits per heavy atom. The van der Waals surface area contributed by atoms with Crippen LogP contribution >= 0.6 is 0 Å². The molecule has 2 N–H and O–H groups in total. The van der Waals surface area contributed by atoms with Gasteiger partial charge in [-0.05, 0) is 0 Å². The third-order valence-corrected chi connectivity index (χ3v) is 0. The fourth-order valence-electron chi connectivity index (χ4n) is 0. The van der Waals surface area contributed by atoms with Crippen LogP contribution in [0.15, 0.2) is 0 Å². The van der Waals surface area contributed by atoms with Crippen LogP contribution in [-0.4, -0.2) is 96.8 Å². The Labute approximate surface area is 118 Å². The molecule has 0 aliphatic carbocycles. The van der Waals surface area contributed by atoms with Gasteiger partial charge in [-0.25, -0.2) is 0 Å². The summed E-state index contributed by atoms with van der Waals surface area (Å²) >= 11 is 0.125. The van der Waals surface area contributed by atoms with Crippen molar-refractivity contribution in [1.82, 2.24) is 0 Å². The van der Waals surface area contributed by atoms with Crippen LogP contribution in [0.1, 0.15) is 7.43 Å². The summed E-state index contributed by atoms with van der Waals surface area (Å²) in [6.07, 6.45) is 0.250. The summed E-state index contributed by atoms with van der Waals surface area (Å²) in [5.41, 5.74) is 0. The van der Waals surface area contributed by atoms with Gasteiger partial charge in [0.05, 0.1) is 0 Å². The Hall–Kier alpha value is 1.13. The molecule has 0 aliphatic rings. The van der Waals surface area contributed by atoms with Gasteiger partial charge in [-0.2, -0.15) is 9.59 Å². The van der Waals surface area contributed by atoms with Crippen LogP contribution in [0.4, 0.5) is 0 Å². The van der Waals surface area contributed by atoms with Gasteiger partial charge in [0.1, 0.15) is 0 Å². The predicted octanol–water partition coefficient (Wildman–Crippen LogP) is -1.39. The molecule has 0 aliphatic heterocycles. The monoisotopic (exact) mass is 218 g/mol. The molecule has 0 bridgehead atoms. The molecule has 58 valence electrons. The van der Waals surface area contributed by atoms with Crippen LogP contribution in [0.3, 0.4) is 0 Å². The normalized spacial score (nSPS) is 2.36. The average Bonchev–Trinajstić information content (AvgIpc) is 1.75. The van der Waals surface area contributed by atoms with Crippen molar-refractivity contribution in [3.8, 4) is 0 Å². The van der Waals surface area contributed by atoms with E-state index in [9.17, 15) is 0 Å². The predicted molar refractivity (Wildman–Crippen MR) is 34.2 cm³/mol. The summed E-state index contributed by atoms with van der Waals surface area (Å²) in [7, 11) is 0. The topological polar surface area (TPSA) is 119 Å². The minimum absolute atomic E-state index is 0. The van der Waals surface area contributed by atoms with Crippen molar-refractivity contribution in [2.24, 2.45) is 0 Å². The van der Waals surface area contributed by atoms with Crippen LogP contribution in [0.5, 0.6) is 0 Å². The van der Waals surface area contributed by atoms with E-state index in [1.807, 2.05) is 0 Å². The number of carbonyl (C=O) groups excluding carboxylic acids is 2. The van der Waals surface area contributed by atoms with Gasteiger partial charge in [0.2, 0.25) is 0 Å². The van der Waals surface area contributed by atoms with E-state index in [4.69, 9.17) is 20.9 Å². The van der Waals surface area contributed by atoms with Gasteiger partial charge in [0.15, 0.2) is 0 Å². The van der Waals surface area contributed by atoms with E-state index in [2.05, 4.69) is 0 Å². The van der Waals surface area contributed by atoms with E-state index < -0.39 is 0 Å². The van der Waals surface area contributed by atoms with Crippen molar-refractivity contribution in [2.45, 2.75) is 7.43 Å². The van der Waals surface area contributed by atoms with Gasteiger partial charge in [-0.15, -0.1) is 0 Å². The van der Waals surface area contributed by atoms with Gasteiger partial charge >= 0.3 is 81.2 Å². The van der Waals surface area contributed by atoms with E-state index in [1.54, 1.807) is 0 Å². The molecule has 0 heterocycles. The van der Waals surface area contributed by atoms with Gasteiger partial charge in [0.25, 0.3) is 0 Å². The van der Waals surface area contributed by atoms with Crippen molar-refractivity contribution in [2.75, 3.05) is 0 Å². The first-order valence-electron chi connectivity index (χ1n) is 1.12. The first-order valence-corrected chi connectivity index (χ1v) is 2.03. The Morgan fingerprint density at radius 1 is 1.27 bits per heavy atom. The summed E-state index contributed by atoms with van der Waals surface area (Å²) in [4.78, 5) is 24.5. The third kappa shape index (κ3) is 727. The minimum atomic E-state index is 0. The van der Waals surface area contributed by atoms with Crippen molar-refractivity contribution < 1.29 is 26.4 Å². The molecule has 8 heteroatoms. The molecule has 0 aromatic rings. The van der Waals surface area contributed by atoms with Gasteiger partial charge in [-0.3, -0.25) is 0 Å². The van der Waals surface area contributed by atoms with E-state index in [0.717, 1.165) is 0 Å². The summed E-state index contributed by atoms with van der Waals surface area (Å²) in [5.74, 6) is 0. The zero-order valence-electron chi connectivity index (χ0n) is 4.94. The Bertz CT molecular complexity index is 70.2. The summed E-state index contributed by atoms with van der Waals surface area (Å²) in [5, 5.41) is 6.76. The molecule has 0 amide bonds. The zero-order chi connectivity index (χ0) is 7.41. The van der Waals surface area contributed by atoms with Crippen molar-refractivity contribution in [1.29, 1.82) is 0 Å². The quantitative estimate of drug-likeness (QED) is 0.395. The molecule has 0 spiro atoms. The molecule has 0 saturated carbocycles. The summed E-state index contributed by atoms with van der Waals surface area (Å²) in [6, 6.07) is 0. The third-order valence-electron chi connectivity index (χ3n) is 0. The number of aliphatic hydroxyl groups excluding tert-OH is 1. The van der Waals surface area contributed by atoms with Crippen molar-refractivity contribution in [3.63, 3.8) is 0 Å². The number of rotatable bonds is 0. The van der Waals surface area contributed by atoms with Crippen LogP contribution in [0.2, 0.25) is 0 Å². The molecule has 0 radical (unpaired) electrons. The molecule has 0 aromatic carbocycles. The van der Waals surface area contributed by atoms with Crippen LogP contribution in [0.25, 0.3) is 0 Å². The van der Waals surface area contributed by atoms with Crippen molar-refractivity contribution in [3.05, 3.63) is 0 Å². The van der Waals surface area contributed by atoms with Gasteiger partial charge < -0.3 is 15.4 Å². The molecule has 6 nitrogen and oxygen atoms in total. The molecular formula is C3H6Ca2O6. The zero-order valence-corrected chi connectivity index (χ0v) is 9.36. The molecule has 0 saturated heterocycles. The van der Waals surface area contributed by atoms with E-state index in [1.165, 1.54) is 0 Å². The van der Waals surface area contributed by atoms with Gasteiger partial charge in [0, 0.05) is 0 Å². The Balaban J connectivity index is -0.00000000764. The summed E-state index contributed by atoms with van der Waals surface area (Å²) in [6.45, 7) is 0.500. The first kappa shape index (κ1) is 40.0. The van der Waals surface area contributed by atoms with Gasteiger partial charge in [-0.1, -0.05) is 13.9 Å². The SMILES string of the molecule is C.O=C=O.O=[C-]O.[Ca+2].[OH-].[O]=[Ca]. The fourth-order valence-corrected chi connectivity index (χ4v) is 0.